The SMILES string of the molecule is CNCCCC1(O)CCc2cc(OC)c(OC)cc2CC1. The quantitative estimate of drug-likeness (QED) is 0.624. The van der Waals surface area contributed by atoms with Crippen LogP contribution in [0.5, 0.6) is 11.5 Å². The molecule has 0 amide bonds. The summed E-state index contributed by atoms with van der Waals surface area (Å²) in [5.41, 5.74) is 2.01. The average Bonchev–Trinajstić information content (AvgIpc) is 2.66. The number of benzene rings is 1. The average molecular weight is 293 g/mol. The molecule has 0 bridgehead atoms. The first-order valence-electron chi connectivity index (χ1n) is 7.72. The Morgan fingerprint density at radius 3 is 2.05 bits per heavy atom. The van der Waals surface area contributed by atoms with Gasteiger partial charge in [0.2, 0.25) is 0 Å². The molecular weight excluding hydrogens is 266 g/mol. The van der Waals surface area contributed by atoms with Gasteiger partial charge in [0, 0.05) is 0 Å². The maximum atomic E-state index is 10.8. The predicted molar refractivity (Wildman–Crippen MR) is 84.3 cm³/mol. The lowest BCUT2D eigenvalue weighted by Crippen LogP contribution is -2.30. The van der Waals surface area contributed by atoms with Crippen LogP contribution in [-0.2, 0) is 12.8 Å². The third-order valence-electron chi connectivity index (χ3n) is 4.49. The summed E-state index contributed by atoms with van der Waals surface area (Å²) in [7, 11) is 5.27. The van der Waals surface area contributed by atoms with Crippen molar-refractivity contribution in [1.29, 1.82) is 0 Å². The molecule has 118 valence electrons. The van der Waals surface area contributed by atoms with Gasteiger partial charge in [0.25, 0.3) is 0 Å². The van der Waals surface area contributed by atoms with Gasteiger partial charge in [-0.1, -0.05) is 0 Å². The maximum Gasteiger partial charge on any atom is 0.161 e. The molecule has 4 nitrogen and oxygen atoms in total. The lowest BCUT2D eigenvalue weighted by Gasteiger charge is -2.26. The summed E-state index contributed by atoms with van der Waals surface area (Å²) >= 11 is 0. The second kappa shape index (κ2) is 7.14. The van der Waals surface area contributed by atoms with Crippen LogP contribution in [0.3, 0.4) is 0 Å². The summed E-state index contributed by atoms with van der Waals surface area (Å²) in [5, 5.41) is 14.0. The monoisotopic (exact) mass is 293 g/mol. The molecule has 4 heteroatoms. The lowest BCUT2D eigenvalue weighted by atomic mass is 9.89. The molecular formula is C17H27NO3. The van der Waals surface area contributed by atoms with E-state index in [2.05, 4.69) is 17.4 Å². The van der Waals surface area contributed by atoms with Crippen molar-refractivity contribution < 1.29 is 14.6 Å². The van der Waals surface area contributed by atoms with Crippen molar-refractivity contribution in [3.05, 3.63) is 23.3 Å². The zero-order chi connectivity index (χ0) is 15.3. The van der Waals surface area contributed by atoms with Gasteiger partial charge in [-0.05, 0) is 75.4 Å². The second-order valence-corrected chi connectivity index (χ2v) is 5.91. The standard InChI is InChI=1S/C17H27NO3/c1-18-10-4-7-17(19)8-5-13-11-15(20-2)16(21-3)12-14(13)6-9-17/h11-12,18-19H,4-10H2,1-3H3. The molecule has 0 fully saturated rings. The third-order valence-corrected chi connectivity index (χ3v) is 4.49. The Labute approximate surface area is 127 Å². The van der Waals surface area contributed by atoms with Crippen LogP contribution in [0.25, 0.3) is 0 Å². The fraction of sp³-hybridized carbons (Fsp3) is 0.647. The van der Waals surface area contributed by atoms with E-state index in [0.29, 0.717) is 0 Å². The van der Waals surface area contributed by atoms with E-state index in [0.717, 1.165) is 56.6 Å². The smallest absolute Gasteiger partial charge is 0.161 e. The minimum Gasteiger partial charge on any atom is -0.493 e. The molecule has 1 aliphatic carbocycles. The first-order chi connectivity index (χ1) is 10.1. The predicted octanol–water partition coefficient (Wildman–Crippen LogP) is 2.31. The highest BCUT2D eigenvalue weighted by molar-refractivity contribution is 5.48. The number of nitrogens with one attached hydrogen (secondary N) is 1. The van der Waals surface area contributed by atoms with Gasteiger partial charge in [0.05, 0.1) is 19.8 Å². The summed E-state index contributed by atoms with van der Waals surface area (Å²) in [6.07, 6.45) is 5.29. The van der Waals surface area contributed by atoms with E-state index in [9.17, 15) is 5.11 Å². The molecule has 0 saturated carbocycles. The van der Waals surface area contributed by atoms with Gasteiger partial charge in [-0.3, -0.25) is 0 Å². The van der Waals surface area contributed by atoms with Crippen molar-refractivity contribution in [2.24, 2.45) is 0 Å². The number of ether oxygens (including phenoxy) is 2. The molecule has 0 aliphatic heterocycles. The fourth-order valence-corrected chi connectivity index (χ4v) is 3.13. The van der Waals surface area contributed by atoms with Crippen LogP contribution < -0.4 is 14.8 Å². The number of aliphatic hydroxyl groups is 1. The van der Waals surface area contributed by atoms with Crippen molar-refractivity contribution in [3.63, 3.8) is 0 Å². The van der Waals surface area contributed by atoms with Gasteiger partial charge < -0.3 is 19.9 Å². The molecule has 0 saturated heterocycles. The van der Waals surface area contributed by atoms with E-state index in [4.69, 9.17) is 9.47 Å². The first kappa shape index (κ1) is 16.1. The topological polar surface area (TPSA) is 50.7 Å². The van der Waals surface area contributed by atoms with Crippen molar-refractivity contribution in [1.82, 2.24) is 5.32 Å². The van der Waals surface area contributed by atoms with Gasteiger partial charge >= 0.3 is 0 Å². The number of rotatable bonds is 6. The van der Waals surface area contributed by atoms with Crippen LogP contribution in [0.2, 0.25) is 0 Å². The Morgan fingerprint density at radius 1 is 1.10 bits per heavy atom. The minimum atomic E-state index is -0.545. The van der Waals surface area contributed by atoms with Gasteiger partial charge in [-0.15, -0.1) is 0 Å². The van der Waals surface area contributed by atoms with E-state index in [1.54, 1.807) is 14.2 Å². The number of aryl methyl sites for hydroxylation is 2. The molecule has 21 heavy (non-hydrogen) atoms. The Hall–Kier alpha value is -1.26. The van der Waals surface area contributed by atoms with Crippen LogP contribution >= 0.6 is 0 Å². The van der Waals surface area contributed by atoms with Gasteiger partial charge in [-0.2, -0.15) is 0 Å². The fourth-order valence-electron chi connectivity index (χ4n) is 3.13. The van der Waals surface area contributed by atoms with E-state index in [1.807, 2.05) is 7.05 Å². The molecule has 1 aromatic carbocycles. The second-order valence-electron chi connectivity index (χ2n) is 5.91. The van der Waals surface area contributed by atoms with Crippen molar-refractivity contribution in [3.8, 4) is 11.5 Å². The molecule has 0 unspecified atom stereocenters. The zero-order valence-electron chi connectivity index (χ0n) is 13.4. The van der Waals surface area contributed by atoms with Crippen LogP contribution in [-0.4, -0.2) is 38.5 Å². The van der Waals surface area contributed by atoms with Gasteiger partial charge in [0.1, 0.15) is 0 Å². The molecule has 1 aromatic rings. The van der Waals surface area contributed by atoms with E-state index < -0.39 is 5.60 Å². The van der Waals surface area contributed by atoms with Crippen molar-refractivity contribution in [2.75, 3.05) is 27.8 Å². The van der Waals surface area contributed by atoms with Crippen LogP contribution in [0.15, 0.2) is 12.1 Å². The largest absolute Gasteiger partial charge is 0.493 e. The molecule has 0 aromatic heterocycles. The van der Waals surface area contributed by atoms with Crippen LogP contribution in [0.1, 0.15) is 36.8 Å². The summed E-state index contributed by atoms with van der Waals surface area (Å²) in [4.78, 5) is 0. The van der Waals surface area contributed by atoms with Gasteiger partial charge in [0.15, 0.2) is 11.5 Å². The highest BCUT2D eigenvalue weighted by Crippen LogP contribution is 2.36. The normalized spacial score (nSPS) is 17.0. The van der Waals surface area contributed by atoms with E-state index in [1.165, 1.54) is 11.1 Å². The summed E-state index contributed by atoms with van der Waals surface area (Å²) in [6, 6.07) is 4.13. The lowest BCUT2D eigenvalue weighted by molar-refractivity contribution is 0.0156. The zero-order valence-corrected chi connectivity index (χ0v) is 13.4. The summed E-state index contributed by atoms with van der Waals surface area (Å²) in [6.45, 7) is 0.955. The minimum absolute atomic E-state index is 0.545. The van der Waals surface area contributed by atoms with E-state index in [-0.39, 0.29) is 0 Å². The number of hydrogen-bond donors (Lipinski definition) is 2. The highest BCUT2D eigenvalue weighted by atomic mass is 16.5. The Bertz CT molecular complexity index is 438. The number of fused-ring (bicyclic) bond motifs is 1. The Morgan fingerprint density at radius 2 is 1.62 bits per heavy atom. The maximum absolute atomic E-state index is 10.8. The molecule has 0 radical (unpaired) electrons. The van der Waals surface area contributed by atoms with Crippen LogP contribution in [0, 0.1) is 0 Å². The van der Waals surface area contributed by atoms with Gasteiger partial charge in [-0.25, -0.2) is 0 Å². The number of hydrogen-bond acceptors (Lipinski definition) is 4. The van der Waals surface area contributed by atoms with Crippen molar-refractivity contribution >= 4 is 0 Å². The van der Waals surface area contributed by atoms with E-state index >= 15 is 0 Å². The Balaban J connectivity index is 2.13. The molecule has 2 rings (SSSR count). The molecule has 1 aliphatic rings. The third kappa shape index (κ3) is 3.89. The molecule has 0 atom stereocenters. The summed E-state index contributed by atoms with van der Waals surface area (Å²) in [5.74, 6) is 1.55. The highest BCUT2D eigenvalue weighted by Gasteiger charge is 2.29. The Kier molecular flexibility index (Phi) is 5.48. The van der Waals surface area contributed by atoms with Crippen molar-refractivity contribution in [2.45, 2.75) is 44.1 Å². The number of methoxy groups -OCH3 is 2. The summed E-state index contributed by atoms with van der Waals surface area (Å²) < 4.78 is 10.8. The molecule has 0 spiro atoms. The first-order valence-corrected chi connectivity index (χ1v) is 7.72. The molecule has 2 N–H and O–H groups in total. The van der Waals surface area contributed by atoms with Crippen LogP contribution in [0.4, 0.5) is 0 Å². The molecule has 0 heterocycles.